The lowest BCUT2D eigenvalue weighted by Crippen LogP contribution is -3.19. The number of hydrogen-bond donors (Lipinski definition) is 1. The lowest BCUT2D eigenvalue weighted by molar-refractivity contribution is -0.918. The molecule has 2 aromatic carbocycles. The number of sulfonamides is 1. The fourth-order valence-corrected chi connectivity index (χ4v) is 5.93. The van der Waals surface area contributed by atoms with Crippen LogP contribution in [0.2, 0.25) is 0 Å². The van der Waals surface area contributed by atoms with E-state index in [1.165, 1.54) is 9.21 Å². The van der Waals surface area contributed by atoms with Crippen molar-refractivity contribution >= 4 is 27.5 Å². The Labute approximate surface area is 183 Å². The standard InChI is InChI=1S/C23H27N3O4S/c1-16-8-9-19(14-18(16)3)31(29,30)25-12-10-24(11-13-25)21-15-22(27)26(23(21)28)20-7-5-4-6-17(20)2/h4-9,14,21H,10-13,15H2,1-3H3/p+1/t21-/m0/s1. The minimum absolute atomic E-state index is 0.159. The number of amides is 2. The highest BCUT2D eigenvalue weighted by Gasteiger charge is 2.47. The van der Waals surface area contributed by atoms with E-state index in [-0.39, 0.29) is 18.2 Å². The van der Waals surface area contributed by atoms with Gasteiger partial charge in [-0.2, -0.15) is 4.31 Å². The number of quaternary nitrogens is 1. The van der Waals surface area contributed by atoms with Gasteiger partial charge in [0.25, 0.3) is 5.91 Å². The molecule has 164 valence electrons. The SMILES string of the molecule is Cc1ccc(S(=O)(=O)N2CC[NH+]([C@H]3CC(=O)N(c4ccccc4C)C3=O)CC2)cc1C. The molecule has 0 bridgehead atoms. The van der Waals surface area contributed by atoms with Gasteiger partial charge in [0.15, 0.2) is 6.04 Å². The molecule has 2 saturated heterocycles. The Morgan fingerprint density at radius 3 is 2.23 bits per heavy atom. The molecule has 2 aliphatic heterocycles. The molecule has 2 aromatic rings. The number of nitrogens with zero attached hydrogens (tertiary/aromatic N) is 2. The molecular weight excluding hydrogens is 414 g/mol. The van der Waals surface area contributed by atoms with Crippen LogP contribution in [0, 0.1) is 20.8 Å². The van der Waals surface area contributed by atoms with E-state index in [4.69, 9.17) is 0 Å². The lowest BCUT2D eigenvalue weighted by atomic mass is 10.1. The average Bonchev–Trinajstić information content (AvgIpc) is 3.04. The van der Waals surface area contributed by atoms with E-state index in [9.17, 15) is 18.0 Å². The zero-order valence-electron chi connectivity index (χ0n) is 18.1. The van der Waals surface area contributed by atoms with Crippen LogP contribution in [0.25, 0.3) is 0 Å². The molecule has 0 aliphatic carbocycles. The van der Waals surface area contributed by atoms with E-state index in [1.807, 2.05) is 45.0 Å². The second kappa shape index (κ2) is 8.18. The quantitative estimate of drug-likeness (QED) is 0.712. The summed E-state index contributed by atoms with van der Waals surface area (Å²) in [5.41, 5.74) is 3.51. The van der Waals surface area contributed by atoms with Gasteiger partial charge in [-0.3, -0.25) is 9.59 Å². The van der Waals surface area contributed by atoms with E-state index in [1.54, 1.807) is 18.2 Å². The third-order valence-corrected chi connectivity index (χ3v) is 8.37. The molecule has 2 amide bonds. The first-order chi connectivity index (χ1) is 14.7. The van der Waals surface area contributed by atoms with Gasteiger partial charge >= 0.3 is 0 Å². The normalized spacial score (nSPS) is 21.1. The first kappa shape index (κ1) is 21.7. The maximum Gasteiger partial charge on any atom is 0.292 e. The average molecular weight is 443 g/mol. The van der Waals surface area contributed by atoms with Crippen LogP contribution < -0.4 is 9.80 Å². The molecule has 2 aliphatic rings. The summed E-state index contributed by atoms with van der Waals surface area (Å²) in [6.07, 6.45) is 0.159. The molecule has 4 rings (SSSR count). The number of para-hydroxylation sites is 1. The van der Waals surface area contributed by atoms with Gasteiger partial charge < -0.3 is 4.90 Å². The summed E-state index contributed by atoms with van der Waals surface area (Å²) in [7, 11) is -3.57. The molecule has 0 radical (unpaired) electrons. The maximum atomic E-state index is 13.1. The molecule has 0 aromatic heterocycles. The highest BCUT2D eigenvalue weighted by molar-refractivity contribution is 7.89. The Bertz CT molecular complexity index is 1140. The molecule has 1 N–H and O–H groups in total. The fourth-order valence-electron chi connectivity index (χ4n) is 4.40. The number of benzene rings is 2. The van der Waals surface area contributed by atoms with Crippen LogP contribution >= 0.6 is 0 Å². The van der Waals surface area contributed by atoms with E-state index in [0.717, 1.165) is 21.6 Å². The van der Waals surface area contributed by atoms with Crippen LogP contribution in [-0.4, -0.2) is 56.8 Å². The van der Waals surface area contributed by atoms with Crippen LogP contribution in [0.4, 0.5) is 5.69 Å². The maximum absolute atomic E-state index is 13.1. The van der Waals surface area contributed by atoms with Crippen molar-refractivity contribution in [1.29, 1.82) is 0 Å². The van der Waals surface area contributed by atoms with Gasteiger partial charge in [0.2, 0.25) is 15.9 Å². The zero-order chi connectivity index (χ0) is 22.3. The number of carbonyl (C=O) groups excluding carboxylic acids is 2. The lowest BCUT2D eigenvalue weighted by Gasteiger charge is -2.33. The van der Waals surface area contributed by atoms with E-state index < -0.39 is 16.1 Å². The number of rotatable bonds is 4. The van der Waals surface area contributed by atoms with E-state index >= 15 is 0 Å². The Hall–Kier alpha value is -2.55. The molecule has 8 heteroatoms. The summed E-state index contributed by atoms with van der Waals surface area (Å²) >= 11 is 0. The highest BCUT2D eigenvalue weighted by atomic mass is 32.2. The van der Waals surface area contributed by atoms with Gasteiger partial charge in [0, 0.05) is 0 Å². The van der Waals surface area contributed by atoms with Crippen molar-refractivity contribution in [2.75, 3.05) is 31.1 Å². The molecule has 0 unspecified atom stereocenters. The number of imide groups is 1. The molecule has 7 nitrogen and oxygen atoms in total. The molecule has 0 spiro atoms. The third kappa shape index (κ3) is 3.91. The summed E-state index contributed by atoms with van der Waals surface area (Å²) in [6.45, 7) is 7.38. The molecule has 31 heavy (non-hydrogen) atoms. The molecular formula is C23H28N3O4S+. The monoisotopic (exact) mass is 442 g/mol. The van der Waals surface area contributed by atoms with Crippen LogP contribution in [0.3, 0.4) is 0 Å². The molecule has 2 heterocycles. The van der Waals surface area contributed by atoms with Crippen molar-refractivity contribution in [3.63, 3.8) is 0 Å². The van der Waals surface area contributed by atoms with Gasteiger partial charge in [0.05, 0.1) is 43.2 Å². The van der Waals surface area contributed by atoms with Gasteiger partial charge in [-0.25, -0.2) is 13.3 Å². The van der Waals surface area contributed by atoms with Crippen LogP contribution in [0.1, 0.15) is 23.1 Å². The van der Waals surface area contributed by atoms with Crippen molar-refractivity contribution in [1.82, 2.24) is 4.31 Å². The Balaban J connectivity index is 1.46. The number of aryl methyl sites for hydroxylation is 3. The van der Waals surface area contributed by atoms with Crippen LogP contribution in [0.15, 0.2) is 47.4 Å². The third-order valence-electron chi connectivity index (χ3n) is 6.48. The topological polar surface area (TPSA) is 79.2 Å². The summed E-state index contributed by atoms with van der Waals surface area (Å²) in [5, 5.41) is 0. The summed E-state index contributed by atoms with van der Waals surface area (Å²) < 4.78 is 27.6. The second-order valence-electron chi connectivity index (χ2n) is 8.42. The molecule has 0 saturated carbocycles. The van der Waals surface area contributed by atoms with Gasteiger partial charge in [-0.1, -0.05) is 24.3 Å². The number of nitrogens with one attached hydrogen (secondary N) is 1. The number of hydrogen-bond acceptors (Lipinski definition) is 4. The van der Waals surface area contributed by atoms with Crippen LogP contribution in [-0.2, 0) is 19.6 Å². The predicted octanol–water partition coefficient (Wildman–Crippen LogP) is 0.833. The smallest absolute Gasteiger partial charge is 0.292 e. The minimum Gasteiger partial charge on any atom is -0.322 e. The van der Waals surface area contributed by atoms with Crippen molar-refractivity contribution in [2.24, 2.45) is 0 Å². The second-order valence-corrected chi connectivity index (χ2v) is 10.4. The summed E-state index contributed by atoms with van der Waals surface area (Å²) in [4.78, 5) is 28.3. The Morgan fingerprint density at radius 2 is 1.58 bits per heavy atom. The van der Waals surface area contributed by atoms with Gasteiger partial charge in [-0.05, 0) is 55.7 Å². The first-order valence-electron chi connectivity index (χ1n) is 10.5. The van der Waals surface area contributed by atoms with Crippen molar-refractivity contribution in [3.8, 4) is 0 Å². The summed E-state index contributed by atoms with van der Waals surface area (Å²) in [5.74, 6) is -0.387. The van der Waals surface area contributed by atoms with Crippen molar-refractivity contribution in [3.05, 3.63) is 59.2 Å². The number of piperazine rings is 1. The Kier molecular flexibility index (Phi) is 5.72. The number of anilines is 1. The largest absolute Gasteiger partial charge is 0.322 e. The van der Waals surface area contributed by atoms with Gasteiger partial charge in [-0.15, -0.1) is 0 Å². The Morgan fingerprint density at radius 1 is 0.903 bits per heavy atom. The highest BCUT2D eigenvalue weighted by Crippen LogP contribution is 2.25. The molecule has 2 fully saturated rings. The molecule has 1 atom stereocenters. The van der Waals surface area contributed by atoms with E-state index in [0.29, 0.717) is 36.8 Å². The van der Waals surface area contributed by atoms with Crippen molar-refractivity contribution in [2.45, 2.75) is 38.1 Å². The van der Waals surface area contributed by atoms with Gasteiger partial charge in [0.1, 0.15) is 0 Å². The van der Waals surface area contributed by atoms with Crippen LogP contribution in [0.5, 0.6) is 0 Å². The predicted molar refractivity (Wildman–Crippen MR) is 117 cm³/mol. The minimum atomic E-state index is -3.57. The fraction of sp³-hybridized carbons (Fsp3) is 0.391. The number of carbonyl (C=O) groups is 2. The van der Waals surface area contributed by atoms with Crippen molar-refractivity contribution < 1.29 is 22.9 Å². The van der Waals surface area contributed by atoms with E-state index in [2.05, 4.69) is 0 Å². The zero-order valence-corrected chi connectivity index (χ0v) is 18.9. The first-order valence-corrected chi connectivity index (χ1v) is 12.0. The summed E-state index contributed by atoms with van der Waals surface area (Å²) in [6, 6.07) is 12.1.